The van der Waals surface area contributed by atoms with Crippen LogP contribution in [0.1, 0.15) is 71.9 Å². The molecule has 248 valence electrons. The van der Waals surface area contributed by atoms with E-state index in [9.17, 15) is 24.9 Å². The molecule has 0 unspecified atom stereocenters. The second-order valence-electron chi connectivity index (χ2n) is 12.5. The van der Waals surface area contributed by atoms with Crippen molar-refractivity contribution in [2.75, 3.05) is 7.11 Å². The third kappa shape index (κ3) is 10.6. The molecule has 2 aliphatic rings. The van der Waals surface area contributed by atoms with Gasteiger partial charge in [0, 0.05) is 37.7 Å². The van der Waals surface area contributed by atoms with E-state index in [0.29, 0.717) is 24.3 Å². The molecule has 3 heterocycles. The first kappa shape index (κ1) is 36.2. The molecule has 0 saturated carbocycles. The zero-order valence-electron chi connectivity index (χ0n) is 27.4. The van der Waals surface area contributed by atoms with Crippen molar-refractivity contribution in [3.63, 3.8) is 0 Å². The van der Waals surface area contributed by atoms with Crippen molar-refractivity contribution in [3.8, 4) is 0 Å². The summed E-state index contributed by atoms with van der Waals surface area (Å²) >= 11 is 0. The summed E-state index contributed by atoms with van der Waals surface area (Å²) in [5, 5.41) is 33.3. The van der Waals surface area contributed by atoms with Crippen molar-refractivity contribution < 1.29 is 43.5 Å². The van der Waals surface area contributed by atoms with E-state index in [4.69, 9.17) is 18.6 Å². The van der Waals surface area contributed by atoms with Crippen LogP contribution in [0.4, 0.5) is 0 Å². The number of aliphatic hydroxyl groups is 3. The van der Waals surface area contributed by atoms with Crippen LogP contribution in [-0.2, 0) is 23.8 Å². The molecule has 10 heteroatoms. The minimum atomic E-state index is -0.988. The first-order chi connectivity index (χ1) is 21.2. The number of epoxide rings is 1. The van der Waals surface area contributed by atoms with Crippen LogP contribution < -0.4 is 0 Å². The summed E-state index contributed by atoms with van der Waals surface area (Å²) in [7, 11) is 1.32. The molecule has 1 aromatic heterocycles. The molecule has 3 N–H and O–H groups in total. The molecule has 1 saturated heterocycles. The third-order valence-electron chi connectivity index (χ3n) is 8.73. The van der Waals surface area contributed by atoms with Gasteiger partial charge in [-0.3, -0.25) is 4.79 Å². The van der Waals surface area contributed by atoms with Crippen LogP contribution in [-0.4, -0.2) is 75.5 Å². The van der Waals surface area contributed by atoms with E-state index < -0.39 is 47.9 Å². The Morgan fingerprint density at radius 1 is 1.24 bits per heavy atom. The molecule has 45 heavy (non-hydrogen) atoms. The van der Waals surface area contributed by atoms with Gasteiger partial charge in [0.15, 0.2) is 5.89 Å². The number of methoxy groups -OCH3 is 1. The summed E-state index contributed by atoms with van der Waals surface area (Å²) in [6, 6.07) is 0. The molecule has 10 nitrogen and oxygen atoms in total. The van der Waals surface area contributed by atoms with E-state index in [2.05, 4.69) is 4.98 Å². The third-order valence-corrected chi connectivity index (χ3v) is 8.73. The molecule has 1 fully saturated rings. The molecule has 0 bridgehead atoms. The number of carbonyl (C=O) groups is 2. The van der Waals surface area contributed by atoms with E-state index in [-0.39, 0.29) is 30.8 Å². The van der Waals surface area contributed by atoms with Crippen LogP contribution in [0.15, 0.2) is 64.4 Å². The summed E-state index contributed by atoms with van der Waals surface area (Å²) in [4.78, 5) is 29.2. The highest BCUT2D eigenvalue weighted by atomic mass is 16.6. The smallest absolute Gasteiger partial charge is 0.330 e. The van der Waals surface area contributed by atoms with Gasteiger partial charge >= 0.3 is 11.9 Å². The van der Waals surface area contributed by atoms with Gasteiger partial charge in [-0.15, -0.1) is 0 Å². The van der Waals surface area contributed by atoms with E-state index in [1.807, 2.05) is 44.2 Å². The Labute approximate surface area is 266 Å². The number of nitrogens with zero attached hydrogens (tertiary/aromatic N) is 1. The standard InChI is InChI=1S/C35H49NO9/c1-21(16-27-20-43-25(5)36-27)10-8-11-23(3)34(41)24(4)29-19-30(38)35(6)31(45-35)15-14-22(2)28(37)17-26(18-33(40)42-7)12-9-13-32(39)44-29/h8-11,13-16,20,22,24,26,28-31,34,37-38,41H,12,17-19H2,1-7H3/b10-8+,13-9+,15-14+,21-16+,23-11+/t22-,24-,26-,28-,29+,30+,31-,34+,35-/m1/s1. The summed E-state index contributed by atoms with van der Waals surface area (Å²) < 4.78 is 21.7. The first-order valence-corrected chi connectivity index (χ1v) is 15.5. The number of allylic oxidation sites excluding steroid dienone is 5. The lowest BCUT2D eigenvalue weighted by atomic mass is 9.86. The predicted molar refractivity (Wildman–Crippen MR) is 170 cm³/mol. The maximum Gasteiger partial charge on any atom is 0.330 e. The number of carbonyl (C=O) groups excluding carboxylic acids is 2. The highest BCUT2D eigenvalue weighted by Crippen LogP contribution is 2.43. The average Bonchev–Trinajstić information content (AvgIpc) is 3.50. The quantitative estimate of drug-likeness (QED) is 0.159. The van der Waals surface area contributed by atoms with Crippen molar-refractivity contribution >= 4 is 18.0 Å². The van der Waals surface area contributed by atoms with Crippen molar-refractivity contribution in [2.45, 2.75) is 103 Å². The number of esters is 2. The second kappa shape index (κ2) is 16.3. The van der Waals surface area contributed by atoms with Gasteiger partial charge in [-0.25, -0.2) is 9.78 Å². The maximum absolute atomic E-state index is 13.0. The largest absolute Gasteiger partial charge is 0.469 e. The van der Waals surface area contributed by atoms with Crippen LogP contribution in [0, 0.1) is 24.7 Å². The minimum Gasteiger partial charge on any atom is -0.469 e. The number of fused-ring (bicyclic) bond motifs is 1. The summed E-state index contributed by atoms with van der Waals surface area (Å²) in [6.07, 6.45) is 12.5. The Kier molecular flexibility index (Phi) is 13.1. The van der Waals surface area contributed by atoms with Crippen LogP contribution in [0.2, 0.25) is 0 Å². The number of ether oxygens (including phenoxy) is 3. The number of aromatic nitrogens is 1. The number of aliphatic hydroxyl groups excluding tert-OH is 3. The van der Waals surface area contributed by atoms with Gasteiger partial charge in [0.25, 0.3) is 0 Å². The Morgan fingerprint density at radius 2 is 1.98 bits per heavy atom. The van der Waals surface area contributed by atoms with Gasteiger partial charge in [-0.2, -0.15) is 0 Å². The zero-order chi connectivity index (χ0) is 33.3. The molecular weight excluding hydrogens is 578 g/mol. The monoisotopic (exact) mass is 627 g/mol. The summed E-state index contributed by atoms with van der Waals surface area (Å²) in [5.74, 6) is -1.48. The van der Waals surface area contributed by atoms with Crippen LogP contribution in [0.3, 0.4) is 0 Å². The van der Waals surface area contributed by atoms with Gasteiger partial charge in [0.2, 0.25) is 0 Å². The van der Waals surface area contributed by atoms with Crippen LogP contribution >= 0.6 is 0 Å². The Balaban J connectivity index is 1.79. The van der Waals surface area contributed by atoms with Crippen molar-refractivity contribution in [1.82, 2.24) is 4.98 Å². The fourth-order valence-corrected chi connectivity index (χ4v) is 5.45. The number of hydrogen-bond donors (Lipinski definition) is 3. The fourth-order valence-electron chi connectivity index (χ4n) is 5.45. The molecular formula is C35H49NO9. The summed E-state index contributed by atoms with van der Waals surface area (Å²) in [5.41, 5.74) is 1.41. The number of aryl methyl sites for hydroxylation is 1. The van der Waals surface area contributed by atoms with Crippen LogP contribution in [0.5, 0.6) is 0 Å². The van der Waals surface area contributed by atoms with E-state index in [0.717, 1.165) is 11.3 Å². The van der Waals surface area contributed by atoms with Gasteiger partial charge in [-0.1, -0.05) is 50.3 Å². The lowest BCUT2D eigenvalue weighted by molar-refractivity contribution is -0.150. The van der Waals surface area contributed by atoms with Crippen molar-refractivity contribution in [2.24, 2.45) is 17.8 Å². The van der Waals surface area contributed by atoms with Gasteiger partial charge in [0.1, 0.15) is 29.8 Å². The number of oxazole rings is 1. The highest BCUT2D eigenvalue weighted by molar-refractivity contribution is 5.82. The molecule has 0 aliphatic carbocycles. The lowest BCUT2D eigenvalue weighted by Gasteiger charge is -2.30. The Hall–Kier alpha value is -3.31. The lowest BCUT2D eigenvalue weighted by Crippen LogP contribution is -2.40. The normalized spacial score (nSPS) is 33.2. The number of hydrogen-bond acceptors (Lipinski definition) is 10. The topological polar surface area (TPSA) is 152 Å². The Bertz CT molecular complexity index is 1310. The fraction of sp³-hybridized carbons (Fsp3) is 0.571. The van der Waals surface area contributed by atoms with Crippen molar-refractivity contribution in [3.05, 3.63) is 71.5 Å². The van der Waals surface area contributed by atoms with Gasteiger partial charge in [-0.05, 0) is 56.8 Å². The first-order valence-electron chi connectivity index (χ1n) is 15.5. The maximum atomic E-state index is 13.0. The molecule has 3 rings (SSSR count). The average molecular weight is 628 g/mol. The Morgan fingerprint density at radius 3 is 2.64 bits per heavy atom. The molecule has 1 aromatic rings. The molecule has 0 radical (unpaired) electrons. The number of cyclic esters (lactones) is 1. The molecule has 0 spiro atoms. The van der Waals surface area contributed by atoms with Gasteiger partial charge < -0.3 is 33.9 Å². The molecule has 2 aliphatic heterocycles. The molecule has 9 atom stereocenters. The minimum absolute atomic E-state index is 0.0455. The number of rotatable bonds is 8. The molecule has 0 aromatic carbocycles. The SMILES string of the molecule is COC(=O)C[C@@H]1C/C=C/C(=O)O[C@H]([C@@H](C)[C@@H](O)/C(C)=C/C=C/C(C)=C/c2coc(C)n2)C[C@H](O)[C@@]2(C)O[C@@H]2/C=C/[C@@H](C)[C@H](O)C1. The summed E-state index contributed by atoms with van der Waals surface area (Å²) in [6.45, 7) is 10.9. The molecule has 0 amide bonds. The highest BCUT2D eigenvalue weighted by Gasteiger charge is 2.56. The zero-order valence-corrected chi connectivity index (χ0v) is 27.4. The van der Waals surface area contributed by atoms with Gasteiger partial charge in [0.05, 0.1) is 25.4 Å². The van der Waals surface area contributed by atoms with Crippen molar-refractivity contribution in [1.29, 1.82) is 0 Å². The predicted octanol–water partition coefficient (Wildman–Crippen LogP) is 4.79. The van der Waals surface area contributed by atoms with E-state index in [1.54, 1.807) is 46.1 Å². The van der Waals surface area contributed by atoms with E-state index >= 15 is 0 Å². The van der Waals surface area contributed by atoms with Crippen LogP contribution in [0.25, 0.3) is 6.08 Å². The second-order valence-corrected chi connectivity index (χ2v) is 12.5. The van der Waals surface area contributed by atoms with E-state index in [1.165, 1.54) is 13.2 Å².